The van der Waals surface area contributed by atoms with Crippen LogP contribution in [0.2, 0.25) is 0 Å². The molecule has 0 spiro atoms. The number of amides is 1. The highest BCUT2D eigenvalue weighted by molar-refractivity contribution is 14.0. The Bertz CT molecular complexity index is 635. The van der Waals surface area contributed by atoms with E-state index in [1.807, 2.05) is 14.1 Å². The Hall–Kier alpha value is -1.35. The number of nitrogens with one attached hydrogen (secondary N) is 2. The van der Waals surface area contributed by atoms with Crippen LogP contribution in [0.4, 0.5) is 0 Å². The highest BCUT2D eigenvalue weighted by Crippen LogP contribution is 2.18. The summed E-state index contributed by atoms with van der Waals surface area (Å²) < 4.78 is 0. The van der Waals surface area contributed by atoms with Crippen LogP contribution >= 0.6 is 24.0 Å². The standard InChI is InChI=1S/C21H35N5O.HI/c1-5-22-21(24-16-18-11-7-6-10-17(18)2)23-13-9-15-26-14-8-12-19(26)20(27)25(3)4;/h6-7,10-11,19H,5,8-9,12-16H2,1-4H3,(H2,22,23,24);1H. The molecule has 0 radical (unpaired) electrons. The maximum absolute atomic E-state index is 12.3. The Balaban J connectivity index is 0.00000392. The third kappa shape index (κ3) is 7.58. The zero-order valence-corrected chi connectivity index (χ0v) is 20.0. The maximum Gasteiger partial charge on any atom is 0.239 e. The minimum Gasteiger partial charge on any atom is -0.357 e. The number of aryl methyl sites for hydroxylation is 1. The normalized spacial score (nSPS) is 17.1. The molecule has 1 atom stereocenters. The van der Waals surface area contributed by atoms with Crippen molar-refractivity contribution >= 4 is 35.8 Å². The molecule has 1 heterocycles. The predicted molar refractivity (Wildman–Crippen MR) is 127 cm³/mol. The minimum absolute atomic E-state index is 0. The number of aliphatic imine (C=N–C) groups is 1. The fraction of sp³-hybridized carbons (Fsp3) is 0.619. The number of carbonyl (C=O) groups excluding carboxylic acids is 1. The molecule has 0 aromatic heterocycles. The van der Waals surface area contributed by atoms with Crippen molar-refractivity contribution in [2.45, 2.75) is 45.7 Å². The zero-order chi connectivity index (χ0) is 19.6. The van der Waals surface area contributed by atoms with Crippen molar-refractivity contribution in [2.75, 3.05) is 40.3 Å². The summed E-state index contributed by atoms with van der Waals surface area (Å²) in [5.41, 5.74) is 2.51. The van der Waals surface area contributed by atoms with Gasteiger partial charge in [0.2, 0.25) is 5.91 Å². The van der Waals surface area contributed by atoms with E-state index in [1.54, 1.807) is 4.90 Å². The third-order valence-corrected chi connectivity index (χ3v) is 5.02. The van der Waals surface area contributed by atoms with E-state index >= 15 is 0 Å². The number of hydrogen-bond acceptors (Lipinski definition) is 3. The van der Waals surface area contributed by atoms with E-state index in [-0.39, 0.29) is 35.9 Å². The lowest BCUT2D eigenvalue weighted by molar-refractivity contribution is -0.133. The van der Waals surface area contributed by atoms with Gasteiger partial charge in [0.05, 0.1) is 12.6 Å². The van der Waals surface area contributed by atoms with Gasteiger partial charge in [-0.2, -0.15) is 0 Å². The largest absolute Gasteiger partial charge is 0.357 e. The predicted octanol–water partition coefficient (Wildman–Crippen LogP) is 2.61. The summed E-state index contributed by atoms with van der Waals surface area (Å²) >= 11 is 0. The second-order valence-electron chi connectivity index (χ2n) is 7.33. The second kappa shape index (κ2) is 13.0. The van der Waals surface area contributed by atoms with Gasteiger partial charge in [-0.1, -0.05) is 24.3 Å². The number of likely N-dealkylation sites (tertiary alicyclic amines) is 1. The van der Waals surface area contributed by atoms with Crippen LogP contribution in [0.15, 0.2) is 29.3 Å². The van der Waals surface area contributed by atoms with Crippen molar-refractivity contribution in [3.8, 4) is 0 Å². The summed E-state index contributed by atoms with van der Waals surface area (Å²) in [6.45, 7) is 8.51. The Morgan fingerprint density at radius 3 is 2.71 bits per heavy atom. The lowest BCUT2D eigenvalue weighted by Gasteiger charge is -2.26. The van der Waals surface area contributed by atoms with Gasteiger partial charge in [0, 0.05) is 33.7 Å². The summed E-state index contributed by atoms with van der Waals surface area (Å²) in [5.74, 6) is 1.08. The molecule has 1 aromatic rings. The van der Waals surface area contributed by atoms with E-state index in [2.05, 4.69) is 53.6 Å². The van der Waals surface area contributed by atoms with E-state index < -0.39 is 0 Å². The van der Waals surface area contributed by atoms with Crippen LogP contribution in [-0.2, 0) is 11.3 Å². The first-order valence-electron chi connectivity index (χ1n) is 10.0. The lowest BCUT2D eigenvalue weighted by atomic mass is 10.1. The molecular weight excluding hydrogens is 465 g/mol. The third-order valence-electron chi connectivity index (χ3n) is 5.02. The topological polar surface area (TPSA) is 60.0 Å². The molecule has 0 aliphatic carbocycles. The van der Waals surface area contributed by atoms with Gasteiger partial charge >= 0.3 is 0 Å². The smallest absolute Gasteiger partial charge is 0.239 e. The molecule has 28 heavy (non-hydrogen) atoms. The number of rotatable bonds is 8. The molecule has 1 aromatic carbocycles. The number of guanidine groups is 1. The number of benzene rings is 1. The van der Waals surface area contributed by atoms with Gasteiger partial charge in [0.15, 0.2) is 5.96 Å². The van der Waals surface area contributed by atoms with Gasteiger partial charge in [0.25, 0.3) is 0 Å². The van der Waals surface area contributed by atoms with Gasteiger partial charge in [-0.3, -0.25) is 9.69 Å². The van der Waals surface area contributed by atoms with E-state index in [0.717, 1.165) is 51.4 Å². The van der Waals surface area contributed by atoms with Crippen molar-refractivity contribution in [1.29, 1.82) is 0 Å². The van der Waals surface area contributed by atoms with Crippen LogP contribution in [0.25, 0.3) is 0 Å². The molecule has 2 rings (SSSR count). The monoisotopic (exact) mass is 501 g/mol. The first-order chi connectivity index (χ1) is 13.0. The maximum atomic E-state index is 12.3. The second-order valence-corrected chi connectivity index (χ2v) is 7.33. The van der Waals surface area contributed by atoms with E-state index in [4.69, 9.17) is 4.99 Å². The van der Waals surface area contributed by atoms with E-state index in [0.29, 0.717) is 6.54 Å². The van der Waals surface area contributed by atoms with Gasteiger partial charge in [-0.05, 0) is 50.8 Å². The minimum atomic E-state index is 0. The molecule has 1 saturated heterocycles. The Labute approximate surface area is 187 Å². The Morgan fingerprint density at radius 2 is 2.04 bits per heavy atom. The van der Waals surface area contributed by atoms with Crippen molar-refractivity contribution in [3.05, 3.63) is 35.4 Å². The summed E-state index contributed by atoms with van der Waals surface area (Å²) in [6, 6.07) is 8.41. The first-order valence-corrected chi connectivity index (χ1v) is 10.0. The molecule has 2 N–H and O–H groups in total. The number of halogens is 1. The van der Waals surface area contributed by atoms with Crippen LogP contribution < -0.4 is 10.6 Å². The van der Waals surface area contributed by atoms with Crippen LogP contribution in [0.5, 0.6) is 0 Å². The average Bonchev–Trinajstić information content (AvgIpc) is 3.11. The number of likely N-dealkylation sites (N-methyl/N-ethyl adjacent to an activating group) is 1. The summed E-state index contributed by atoms with van der Waals surface area (Å²) in [4.78, 5) is 21.0. The molecule has 0 bridgehead atoms. The van der Waals surface area contributed by atoms with Gasteiger partial charge < -0.3 is 15.5 Å². The molecular formula is C21H36IN5O. The Kier molecular flexibility index (Phi) is 11.4. The molecule has 7 heteroatoms. The highest BCUT2D eigenvalue weighted by atomic mass is 127. The quantitative estimate of drug-likeness (QED) is 0.249. The van der Waals surface area contributed by atoms with Crippen LogP contribution in [0.3, 0.4) is 0 Å². The summed E-state index contributed by atoms with van der Waals surface area (Å²) in [7, 11) is 3.68. The van der Waals surface area contributed by atoms with Gasteiger partial charge in [0.1, 0.15) is 0 Å². The van der Waals surface area contributed by atoms with Gasteiger partial charge in [-0.25, -0.2) is 4.99 Å². The fourth-order valence-corrected chi connectivity index (χ4v) is 3.45. The molecule has 158 valence electrons. The zero-order valence-electron chi connectivity index (χ0n) is 17.7. The van der Waals surface area contributed by atoms with Crippen molar-refractivity contribution in [3.63, 3.8) is 0 Å². The van der Waals surface area contributed by atoms with Crippen molar-refractivity contribution in [2.24, 2.45) is 4.99 Å². The SMILES string of the molecule is CCNC(=NCc1ccccc1C)NCCCN1CCCC1C(=O)N(C)C.I. The molecule has 1 unspecified atom stereocenters. The summed E-state index contributed by atoms with van der Waals surface area (Å²) in [5, 5.41) is 6.73. The van der Waals surface area contributed by atoms with E-state index in [9.17, 15) is 4.79 Å². The van der Waals surface area contributed by atoms with Gasteiger partial charge in [-0.15, -0.1) is 24.0 Å². The summed E-state index contributed by atoms with van der Waals surface area (Å²) in [6.07, 6.45) is 3.08. The number of carbonyl (C=O) groups is 1. The molecule has 1 amide bonds. The average molecular weight is 501 g/mol. The first kappa shape index (κ1) is 24.7. The molecule has 1 aliphatic rings. The van der Waals surface area contributed by atoms with Crippen LogP contribution in [-0.4, -0.2) is 68.0 Å². The Morgan fingerprint density at radius 1 is 1.29 bits per heavy atom. The molecule has 1 fully saturated rings. The fourth-order valence-electron chi connectivity index (χ4n) is 3.45. The van der Waals surface area contributed by atoms with Crippen LogP contribution in [0.1, 0.15) is 37.3 Å². The molecule has 1 aliphatic heterocycles. The molecule has 6 nitrogen and oxygen atoms in total. The van der Waals surface area contributed by atoms with Crippen LogP contribution in [0, 0.1) is 6.92 Å². The molecule has 0 saturated carbocycles. The van der Waals surface area contributed by atoms with Crippen molar-refractivity contribution in [1.82, 2.24) is 20.4 Å². The van der Waals surface area contributed by atoms with E-state index in [1.165, 1.54) is 11.1 Å². The number of hydrogen-bond donors (Lipinski definition) is 2. The lowest BCUT2D eigenvalue weighted by Crippen LogP contribution is -2.44. The van der Waals surface area contributed by atoms with Crippen molar-refractivity contribution < 1.29 is 4.79 Å². The number of nitrogens with zero attached hydrogens (tertiary/aromatic N) is 3. The highest BCUT2D eigenvalue weighted by Gasteiger charge is 2.30.